The Morgan fingerprint density at radius 3 is 2.41 bits per heavy atom. The molecule has 1 spiro atoms. The molecule has 4 rings (SSSR count). The van der Waals surface area contributed by atoms with Crippen LogP contribution < -0.4 is 5.32 Å². The summed E-state index contributed by atoms with van der Waals surface area (Å²) < 4.78 is 49.9. The first-order chi connectivity index (χ1) is 10.2. The van der Waals surface area contributed by atoms with Gasteiger partial charge in [0.25, 0.3) is 0 Å². The smallest absolute Gasteiger partial charge is 0.349 e. The monoisotopic (exact) mass is 337 g/mol. The van der Waals surface area contributed by atoms with Gasteiger partial charge in [0.1, 0.15) is 0 Å². The van der Waals surface area contributed by atoms with E-state index >= 15 is 0 Å². The van der Waals surface area contributed by atoms with Gasteiger partial charge in [-0.05, 0) is 60.7 Å². The highest BCUT2D eigenvalue weighted by Gasteiger charge is 2.80. The molecule has 0 aromatic carbocycles. The van der Waals surface area contributed by atoms with Gasteiger partial charge in [0.2, 0.25) is 0 Å². The molecule has 1 amide bonds. The fourth-order valence-electron chi connectivity index (χ4n) is 6.28. The van der Waals surface area contributed by atoms with Crippen molar-refractivity contribution in [3.63, 3.8) is 0 Å². The van der Waals surface area contributed by atoms with Crippen LogP contribution in [-0.2, 0) is 8.98 Å². The largest absolute Gasteiger partial charge is 0.417 e. The summed E-state index contributed by atoms with van der Waals surface area (Å²) in [5.41, 5.74) is 0.249. The van der Waals surface area contributed by atoms with Crippen LogP contribution in [0.2, 0.25) is 0 Å². The molecule has 0 saturated heterocycles. The Labute approximate surface area is 129 Å². The average molecular weight is 337 g/mol. The van der Waals surface area contributed by atoms with Gasteiger partial charge >= 0.3 is 11.2 Å². The molecule has 5 nitrogen and oxygen atoms in total. The zero-order valence-corrected chi connectivity index (χ0v) is 13.2. The molecule has 4 aliphatic rings. The van der Waals surface area contributed by atoms with Gasteiger partial charge in [0.15, 0.2) is 10.9 Å². The molecule has 0 heterocycles. The minimum atomic E-state index is -4.72. The van der Waals surface area contributed by atoms with Gasteiger partial charge in [-0.2, -0.15) is 8.78 Å². The van der Waals surface area contributed by atoms with Crippen LogP contribution in [0.4, 0.5) is 8.78 Å². The molecule has 4 aliphatic carbocycles. The predicted octanol–water partition coefficient (Wildman–Crippen LogP) is 2.83. The minimum absolute atomic E-state index is 0.0324. The SMILES string of the molecule is COS(O)(O)C(F)(F)C(=O)NCC12CC3CC4CC(C1)C32C4. The first kappa shape index (κ1) is 15.1. The Kier molecular flexibility index (Phi) is 2.85. The highest BCUT2D eigenvalue weighted by molar-refractivity contribution is 8.21. The van der Waals surface area contributed by atoms with Gasteiger partial charge in [-0.15, -0.1) is 0 Å². The highest BCUT2D eigenvalue weighted by Crippen LogP contribution is 2.86. The van der Waals surface area contributed by atoms with Crippen LogP contribution in [0.15, 0.2) is 0 Å². The molecule has 0 aliphatic heterocycles. The standard InChI is InChI=1S/C14H21F2NO4S/c1-21-22(19,20)14(15,16)11(18)17-7-12-5-9-2-8-3-10(6-12)13(9,12)4-8/h8-10,19-20H,2-7H2,1H3,(H,17,18). The van der Waals surface area contributed by atoms with E-state index in [-0.39, 0.29) is 17.4 Å². The lowest BCUT2D eigenvalue weighted by Crippen LogP contribution is -2.71. The lowest BCUT2D eigenvalue weighted by molar-refractivity contribution is -0.257. The quantitative estimate of drug-likeness (QED) is 0.721. The van der Waals surface area contributed by atoms with Crippen molar-refractivity contribution in [2.75, 3.05) is 13.7 Å². The maximum atomic E-state index is 13.8. The second-order valence-electron chi connectivity index (χ2n) is 7.53. The number of carbonyl (C=O) groups is 1. The number of nitrogens with one attached hydrogen (secondary N) is 1. The molecule has 0 aromatic rings. The van der Waals surface area contributed by atoms with Gasteiger partial charge < -0.3 is 14.4 Å². The van der Waals surface area contributed by atoms with Crippen LogP contribution in [0.5, 0.6) is 0 Å². The normalized spacial score (nSPS) is 45.8. The molecule has 0 aromatic heterocycles. The second kappa shape index (κ2) is 4.15. The predicted molar refractivity (Wildman–Crippen MR) is 76.2 cm³/mol. The van der Waals surface area contributed by atoms with E-state index in [9.17, 15) is 22.7 Å². The minimum Gasteiger partial charge on any atom is -0.349 e. The summed E-state index contributed by atoms with van der Waals surface area (Å²) in [5.74, 6) is 0.556. The van der Waals surface area contributed by atoms with E-state index in [1.165, 1.54) is 19.3 Å². The Bertz CT molecular complexity index is 525. The maximum Gasteiger partial charge on any atom is 0.417 e. The molecule has 3 N–H and O–H groups in total. The number of rotatable bonds is 5. The van der Waals surface area contributed by atoms with Crippen LogP contribution in [0.3, 0.4) is 0 Å². The molecule has 4 saturated carbocycles. The fourth-order valence-corrected chi connectivity index (χ4v) is 6.80. The first-order valence-corrected chi connectivity index (χ1v) is 9.15. The second-order valence-corrected chi connectivity index (χ2v) is 9.37. The van der Waals surface area contributed by atoms with Crippen molar-refractivity contribution in [2.24, 2.45) is 28.6 Å². The molecule has 2 atom stereocenters. The molecule has 2 unspecified atom stereocenters. The summed E-state index contributed by atoms with van der Waals surface area (Å²) in [6.45, 7) is 0.209. The highest BCUT2D eigenvalue weighted by atomic mass is 32.3. The molecular formula is C14H21F2NO4S. The van der Waals surface area contributed by atoms with Crippen LogP contribution in [-0.4, -0.2) is 33.9 Å². The maximum absolute atomic E-state index is 13.8. The van der Waals surface area contributed by atoms with Crippen LogP contribution in [0.25, 0.3) is 0 Å². The third-order valence-corrected chi connectivity index (χ3v) is 8.32. The van der Waals surface area contributed by atoms with Crippen LogP contribution in [0, 0.1) is 28.6 Å². The number of hydrogen-bond acceptors (Lipinski definition) is 4. The first-order valence-electron chi connectivity index (χ1n) is 7.68. The fraction of sp³-hybridized carbons (Fsp3) is 0.929. The van der Waals surface area contributed by atoms with Crippen molar-refractivity contribution in [3.8, 4) is 0 Å². The van der Waals surface area contributed by atoms with Gasteiger partial charge in [-0.1, -0.05) is 0 Å². The van der Waals surface area contributed by atoms with Crippen molar-refractivity contribution >= 4 is 16.8 Å². The van der Waals surface area contributed by atoms with E-state index in [0.29, 0.717) is 11.8 Å². The van der Waals surface area contributed by atoms with Crippen LogP contribution in [0.1, 0.15) is 32.1 Å². The number of alkyl halides is 2. The lowest BCUT2D eigenvalue weighted by Gasteiger charge is -2.74. The van der Waals surface area contributed by atoms with Crippen molar-refractivity contribution in [1.82, 2.24) is 5.32 Å². The zero-order chi connectivity index (χ0) is 16.0. The summed E-state index contributed by atoms with van der Waals surface area (Å²) in [5, 5.41) is -2.06. The molecular weight excluding hydrogens is 316 g/mol. The van der Waals surface area contributed by atoms with E-state index in [0.717, 1.165) is 25.9 Å². The summed E-state index contributed by atoms with van der Waals surface area (Å²) in [6.07, 6.45) is 5.71. The van der Waals surface area contributed by atoms with E-state index in [1.807, 2.05) is 0 Å². The third kappa shape index (κ3) is 1.48. The summed E-state index contributed by atoms with van der Waals surface area (Å²) in [4.78, 5) is 11.7. The Balaban J connectivity index is 1.43. The van der Waals surface area contributed by atoms with E-state index in [2.05, 4.69) is 9.50 Å². The summed E-state index contributed by atoms with van der Waals surface area (Å²) in [7, 11) is -3.97. The topological polar surface area (TPSA) is 78.8 Å². The number of fused-ring (bicyclic) bond motifs is 1. The van der Waals surface area contributed by atoms with Crippen molar-refractivity contribution < 1.29 is 26.9 Å². The summed E-state index contributed by atoms with van der Waals surface area (Å²) in [6, 6.07) is 0. The van der Waals surface area contributed by atoms with Crippen molar-refractivity contribution in [2.45, 2.75) is 37.4 Å². The molecule has 4 fully saturated rings. The zero-order valence-electron chi connectivity index (χ0n) is 12.3. The molecule has 126 valence electrons. The van der Waals surface area contributed by atoms with E-state index in [1.54, 1.807) is 0 Å². The third-order valence-electron chi connectivity index (χ3n) is 7.00. The average Bonchev–Trinajstić information content (AvgIpc) is 2.95. The Morgan fingerprint density at radius 2 is 1.91 bits per heavy atom. The molecule has 2 bridgehead atoms. The summed E-state index contributed by atoms with van der Waals surface area (Å²) >= 11 is 0. The number of carbonyl (C=O) groups excluding carboxylic acids is 1. The Hall–Kier alpha value is -0.440. The van der Waals surface area contributed by atoms with E-state index in [4.69, 9.17) is 0 Å². The molecule has 22 heavy (non-hydrogen) atoms. The number of hydrogen-bond donors (Lipinski definition) is 3. The van der Waals surface area contributed by atoms with Crippen molar-refractivity contribution in [1.29, 1.82) is 0 Å². The lowest BCUT2D eigenvalue weighted by atomic mass is 9.30. The van der Waals surface area contributed by atoms with Crippen LogP contribution >= 0.6 is 10.9 Å². The van der Waals surface area contributed by atoms with Gasteiger partial charge in [-0.25, -0.2) is 0 Å². The molecule has 0 radical (unpaired) electrons. The molecule has 8 heteroatoms. The number of amides is 1. The van der Waals surface area contributed by atoms with E-state index < -0.39 is 22.0 Å². The number of halogens is 2. The van der Waals surface area contributed by atoms with Gasteiger partial charge in [0, 0.05) is 6.54 Å². The Morgan fingerprint density at radius 1 is 1.32 bits per heavy atom. The van der Waals surface area contributed by atoms with Gasteiger partial charge in [0.05, 0.1) is 7.11 Å². The van der Waals surface area contributed by atoms with Crippen molar-refractivity contribution in [3.05, 3.63) is 0 Å². The van der Waals surface area contributed by atoms with Gasteiger partial charge in [-0.3, -0.25) is 8.98 Å².